The van der Waals surface area contributed by atoms with Crippen LogP contribution in [0.2, 0.25) is 0 Å². The monoisotopic (exact) mass is 352 g/mol. The summed E-state index contributed by atoms with van der Waals surface area (Å²) in [6, 6.07) is 15.6. The molecule has 0 saturated heterocycles. The Balaban J connectivity index is 1.66. The first-order valence-electron chi connectivity index (χ1n) is 8.00. The highest BCUT2D eigenvalue weighted by Gasteiger charge is 2.08. The number of hydrogen-bond acceptors (Lipinski definition) is 4. The van der Waals surface area contributed by atoms with Gasteiger partial charge in [0.15, 0.2) is 0 Å². The second-order valence-electron chi connectivity index (χ2n) is 5.87. The molecule has 0 aliphatic carbocycles. The zero-order valence-electron chi connectivity index (χ0n) is 14.5. The fraction of sp³-hybridized carbons (Fsp3) is 0.200. The summed E-state index contributed by atoms with van der Waals surface area (Å²) in [5.74, 6) is 1.02. The van der Waals surface area contributed by atoms with E-state index in [0.717, 1.165) is 32.9 Å². The van der Waals surface area contributed by atoms with E-state index < -0.39 is 0 Å². The van der Waals surface area contributed by atoms with Gasteiger partial charge in [0.1, 0.15) is 10.8 Å². The number of methoxy groups -OCH3 is 1. The Bertz CT molecular complexity index is 907. The minimum atomic E-state index is -0.0552. The molecule has 5 heteroatoms. The highest BCUT2D eigenvalue weighted by atomic mass is 32.2. The number of hydrogen-bond donors (Lipinski definition) is 1. The molecule has 0 spiro atoms. The summed E-state index contributed by atoms with van der Waals surface area (Å²) in [7, 11) is 1.62. The minimum Gasteiger partial charge on any atom is -0.497 e. The van der Waals surface area contributed by atoms with E-state index >= 15 is 0 Å². The van der Waals surface area contributed by atoms with Gasteiger partial charge < -0.3 is 10.1 Å². The molecular weight excluding hydrogens is 332 g/mol. The van der Waals surface area contributed by atoms with Crippen molar-refractivity contribution in [1.29, 1.82) is 0 Å². The zero-order chi connectivity index (χ0) is 17.8. The van der Waals surface area contributed by atoms with E-state index in [0.29, 0.717) is 5.75 Å². The lowest BCUT2D eigenvalue weighted by Crippen LogP contribution is -2.14. The summed E-state index contributed by atoms with van der Waals surface area (Å²) >= 11 is 1.45. The first-order chi connectivity index (χ1) is 12.0. The topological polar surface area (TPSA) is 51.2 Å². The van der Waals surface area contributed by atoms with Gasteiger partial charge in [0, 0.05) is 11.1 Å². The number of thioether (sulfide) groups is 1. The van der Waals surface area contributed by atoms with E-state index in [2.05, 4.69) is 35.4 Å². The molecule has 1 aromatic heterocycles. The van der Waals surface area contributed by atoms with Crippen molar-refractivity contribution in [2.45, 2.75) is 18.9 Å². The summed E-state index contributed by atoms with van der Waals surface area (Å²) in [6.07, 6.45) is 0. The molecule has 0 fully saturated rings. The third kappa shape index (κ3) is 4.31. The van der Waals surface area contributed by atoms with Gasteiger partial charge in [-0.25, -0.2) is 4.98 Å². The maximum Gasteiger partial charge on any atom is 0.234 e. The number of carbonyl (C=O) groups is 1. The molecule has 0 aliphatic heterocycles. The van der Waals surface area contributed by atoms with Crippen LogP contribution in [0.5, 0.6) is 5.75 Å². The van der Waals surface area contributed by atoms with Crippen LogP contribution in [-0.4, -0.2) is 23.8 Å². The first kappa shape index (κ1) is 17.3. The van der Waals surface area contributed by atoms with Crippen LogP contribution >= 0.6 is 11.8 Å². The molecule has 0 aliphatic rings. The molecule has 3 aromatic rings. The minimum absolute atomic E-state index is 0.0552. The van der Waals surface area contributed by atoms with Crippen LogP contribution in [0, 0.1) is 13.8 Å². The third-order valence-corrected chi connectivity index (χ3v) is 4.92. The molecule has 4 nitrogen and oxygen atoms in total. The van der Waals surface area contributed by atoms with Crippen molar-refractivity contribution in [3.05, 3.63) is 59.7 Å². The number of rotatable bonds is 5. The Morgan fingerprint density at radius 1 is 1.12 bits per heavy atom. The summed E-state index contributed by atoms with van der Waals surface area (Å²) < 4.78 is 5.11. The van der Waals surface area contributed by atoms with Crippen molar-refractivity contribution in [3.8, 4) is 5.75 Å². The van der Waals surface area contributed by atoms with Gasteiger partial charge in [-0.05, 0) is 61.9 Å². The maximum atomic E-state index is 12.2. The number of benzene rings is 2. The standard InChI is InChI=1S/C20H20N2O2S/c1-13-4-9-18-15(10-13)11-14(2)20(22-18)25-12-19(23)21-16-5-7-17(24-3)8-6-16/h4-11H,12H2,1-3H3,(H,21,23). The van der Waals surface area contributed by atoms with E-state index in [1.165, 1.54) is 17.3 Å². The highest BCUT2D eigenvalue weighted by molar-refractivity contribution is 8.00. The molecule has 0 atom stereocenters. The largest absolute Gasteiger partial charge is 0.497 e. The van der Waals surface area contributed by atoms with Gasteiger partial charge in [-0.1, -0.05) is 23.4 Å². The first-order valence-corrected chi connectivity index (χ1v) is 8.98. The van der Waals surface area contributed by atoms with Crippen LogP contribution in [0.25, 0.3) is 10.9 Å². The number of nitrogens with one attached hydrogen (secondary N) is 1. The molecule has 1 heterocycles. The molecule has 25 heavy (non-hydrogen) atoms. The molecule has 0 unspecified atom stereocenters. The van der Waals surface area contributed by atoms with Crippen molar-refractivity contribution in [2.75, 3.05) is 18.2 Å². The molecular formula is C20H20N2O2S. The van der Waals surface area contributed by atoms with E-state index in [1.807, 2.05) is 37.3 Å². The maximum absolute atomic E-state index is 12.2. The van der Waals surface area contributed by atoms with E-state index in [9.17, 15) is 4.79 Å². The average molecular weight is 352 g/mol. The van der Waals surface area contributed by atoms with Crippen LogP contribution in [0.15, 0.2) is 53.6 Å². The van der Waals surface area contributed by atoms with Gasteiger partial charge in [-0.15, -0.1) is 0 Å². The number of aromatic nitrogens is 1. The van der Waals surface area contributed by atoms with E-state index in [4.69, 9.17) is 4.74 Å². The predicted molar refractivity (Wildman–Crippen MR) is 104 cm³/mol. The molecule has 3 rings (SSSR count). The van der Waals surface area contributed by atoms with E-state index in [-0.39, 0.29) is 5.91 Å². The molecule has 0 radical (unpaired) electrons. The van der Waals surface area contributed by atoms with E-state index in [1.54, 1.807) is 7.11 Å². The van der Waals surface area contributed by atoms with Gasteiger partial charge >= 0.3 is 0 Å². The molecule has 1 amide bonds. The number of aryl methyl sites for hydroxylation is 2. The second-order valence-corrected chi connectivity index (χ2v) is 6.84. The predicted octanol–water partition coefficient (Wildman–Crippen LogP) is 4.59. The summed E-state index contributed by atoms with van der Waals surface area (Å²) in [5, 5.41) is 4.90. The zero-order valence-corrected chi connectivity index (χ0v) is 15.3. The van der Waals surface area contributed by atoms with Crippen molar-refractivity contribution in [2.24, 2.45) is 0 Å². The number of carbonyl (C=O) groups excluding carboxylic acids is 1. The van der Waals surface area contributed by atoms with Gasteiger partial charge in [0.05, 0.1) is 18.4 Å². The molecule has 128 valence electrons. The number of ether oxygens (including phenoxy) is 1. The smallest absolute Gasteiger partial charge is 0.234 e. The van der Waals surface area contributed by atoms with Crippen molar-refractivity contribution in [1.82, 2.24) is 4.98 Å². The molecule has 0 saturated carbocycles. The molecule has 1 N–H and O–H groups in total. The Hall–Kier alpha value is -2.53. The Morgan fingerprint density at radius 2 is 1.88 bits per heavy atom. The number of anilines is 1. The lowest BCUT2D eigenvalue weighted by Gasteiger charge is -2.09. The summed E-state index contributed by atoms with van der Waals surface area (Å²) in [5.41, 5.74) is 4.01. The fourth-order valence-electron chi connectivity index (χ4n) is 2.54. The van der Waals surface area contributed by atoms with Crippen molar-refractivity contribution < 1.29 is 9.53 Å². The van der Waals surface area contributed by atoms with Gasteiger partial charge in [-0.2, -0.15) is 0 Å². The van der Waals surface area contributed by atoms with Gasteiger partial charge in [0.2, 0.25) is 5.91 Å². The van der Waals surface area contributed by atoms with Gasteiger partial charge in [-0.3, -0.25) is 4.79 Å². The van der Waals surface area contributed by atoms with Crippen LogP contribution < -0.4 is 10.1 Å². The molecule has 0 bridgehead atoms. The Labute approximate surface area is 151 Å². The Kier molecular flexibility index (Phi) is 5.24. The average Bonchev–Trinajstić information content (AvgIpc) is 2.60. The lowest BCUT2D eigenvalue weighted by molar-refractivity contribution is -0.113. The number of pyridine rings is 1. The number of fused-ring (bicyclic) bond motifs is 1. The normalized spacial score (nSPS) is 10.7. The van der Waals surface area contributed by atoms with Crippen LogP contribution in [0.4, 0.5) is 5.69 Å². The van der Waals surface area contributed by atoms with Crippen LogP contribution in [-0.2, 0) is 4.79 Å². The SMILES string of the molecule is COc1ccc(NC(=O)CSc2nc3ccc(C)cc3cc2C)cc1. The third-order valence-electron chi connectivity index (χ3n) is 3.83. The quantitative estimate of drug-likeness (QED) is 0.682. The van der Waals surface area contributed by atoms with Crippen molar-refractivity contribution in [3.63, 3.8) is 0 Å². The van der Waals surface area contributed by atoms with Gasteiger partial charge in [0.25, 0.3) is 0 Å². The lowest BCUT2D eigenvalue weighted by atomic mass is 10.1. The second kappa shape index (κ2) is 7.57. The van der Waals surface area contributed by atoms with Crippen LogP contribution in [0.3, 0.4) is 0 Å². The highest BCUT2D eigenvalue weighted by Crippen LogP contribution is 2.25. The summed E-state index contributed by atoms with van der Waals surface area (Å²) in [4.78, 5) is 16.9. The Morgan fingerprint density at radius 3 is 2.60 bits per heavy atom. The fourth-order valence-corrected chi connectivity index (χ4v) is 3.32. The number of amides is 1. The number of nitrogens with zero attached hydrogens (tertiary/aromatic N) is 1. The van der Waals surface area contributed by atoms with Crippen LogP contribution in [0.1, 0.15) is 11.1 Å². The summed E-state index contributed by atoms with van der Waals surface area (Å²) in [6.45, 7) is 4.10. The molecule has 2 aromatic carbocycles. The van der Waals surface area contributed by atoms with Crippen molar-refractivity contribution >= 4 is 34.3 Å².